The topological polar surface area (TPSA) is 50.8 Å². The number of nitrogens with one attached hydrogen (secondary N) is 1. The van der Waals surface area contributed by atoms with Crippen LogP contribution in [0.5, 0.6) is 11.5 Å². The molecule has 6 heteroatoms. The van der Waals surface area contributed by atoms with E-state index in [0.717, 1.165) is 11.3 Å². The van der Waals surface area contributed by atoms with Crippen LogP contribution in [0.25, 0.3) is 0 Å². The monoisotopic (exact) mass is 360 g/mol. The minimum Gasteiger partial charge on any atom is -0.494 e. The average molecular weight is 360 g/mol. The number of methoxy groups -OCH3 is 1. The molecule has 0 aliphatic carbocycles. The van der Waals surface area contributed by atoms with Crippen molar-refractivity contribution in [3.8, 4) is 11.5 Å². The van der Waals surface area contributed by atoms with Gasteiger partial charge in [-0.1, -0.05) is 18.2 Å². The molecule has 0 atom stereocenters. The van der Waals surface area contributed by atoms with Crippen molar-refractivity contribution < 1.29 is 18.7 Å². The molecule has 0 aliphatic heterocycles. The molecule has 0 aromatic heterocycles. The van der Waals surface area contributed by atoms with E-state index in [1.807, 2.05) is 38.1 Å². The lowest BCUT2D eigenvalue weighted by molar-refractivity contribution is 0.206. The fourth-order valence-corrected chi connectivity index (χ4v) is 2.42. The fraction of sp³-hybridized carbons (Fsp3) is 0.350. The number of hydrogen-bond donors (Lipinski definition) is 1. The average Bonchev–Trinajstić information content (AvgIpc) is 2.60. The Kier molecular flexibility index (Phi) is 6.83. The van der Waals surface area contributed by atoms with E-state index in [2.05, 4.69) is 5.32 Å². The van der Waals surface area contributed by atoms with E-state index < -0.39 is 5.82 Å². The van der Waals surface area contributed by atoms with Crippen molar-refractivity contribution in [3.05, 3.63) is 59.4 Å². The Bertz CT molecular complexity index is 732. The Hall–Kier alpha value is -2.76. The molecule has 0 spiro atoms. The number of hydrogen-bond acceptors (Lipinski definition) is 3. The quantitative estimate of drug-likeness (QED) is 0.813. The summed E-state index contributed by atoms with van der Waals surface area (Å²) in [5.41, 5.74) is 1.66. The summed E-state index contributed by atoms with van der Waals surface area (Å²) in [6, 6.07) is 12.0. The second-order valence-corrected chi connectivity index (χ2v) is 6.29. The van der Waals surface area contributed by atoms with E-state index in [4.69, 9.17) is 9.47 Å². The number of carbonyl (C=O) groups excluding carboxylic acids is 1. The van der Waals surface area contributed by atoms with Crippen LogP contribution in [0, 0.1) is 5.82 Å². The SMILES string of the molecule is COc1ccc(CN(C)C(=O)NCc2ccc(OC(C)C)cc2)cc1F. The summed E-state index contributed by atoms with van der Waals surface area (Å²) in [6.07, 6.45) is 0.122. The number of urea groups is 1. The Morgan fingerprint density at radius 3 is 2.38 bits per heavy atom. The van der Waals surface area contributed by atoms with Crippen LogP contribution in [0.3, 0.4) is 0 Å². The molecule has 0 saturated carbocycles. The molecule has 26 heavy (non-hydrogen) atoms. The van der Waals surface area contributed by atoms with Gasteiger partial charge in [0.25, 0.3) is 0 Å². The molecular formula is C20H25FN2O3. The van der Waals surface area contributed by atoms with Crippen molar-refractivity contribution >= 4 is 6.03 Å². The summed E-state index contributed by atoms with van der Waals surface area (Å²) >= 11 is 0. The molecule has 0 aliphatic rings. The van der Waals surface area contributed by atoms with Gasteiger partial charge in [0.1, 0.15) is 5.75 Å². The molecule has 2 aromatic carbocycles. The summed E-state index contributed by atoms with van der Waals surface area (Å²) in [5, 5.41) is 2.84. The highest BCUT2D eigenvalue weighted by Gasteiger charge is 2.11. The number of amides is 2. The molecule has 2 amide bonds. The van der Waals surface area contributed by atoms with Gasteiger partial charge in [-0.2, -0.15) is 0 Å². The number of carbonyl (C=O) groups is 1. The summed E-state index contributed by atoms with van der Waals surface area (Å²) in [6.45, 7) is 4.65. The van der Waals surface area contributed by atoms with Crippen molar-refractivity contribution in [2.75, 3.05) is 14.2 Å². The standard InChI is InChI=1S/C20H25FN2O3/c1-14(2)26-17-8-5-15(6-9-17)12-22-20(24)23(3)13-16-7-10-19(25-4)18(21)11-16/h5-11,14H,12-13H2,1-4H3,(H,22,24). The molecule has 0 saturated heterocycles. The van der Waals surface area contributed by atoms with Gasteiger partial charge in [-0.3, -0.25) is 0 Å². The maximum absolute atomic E-state index is 13.7. The van der Waals surface area contributed by atoms with Crippen molar-refractivity contribution in [2.24, 2.45) is 0 Å². The van der Waals surface area contributed by atoms with E-state index in [0.29, 0.717) is 18.7 Å². The maximum atomic E-state index is 13.7. The molecular weight excluding hydrogens is 335 g/mol. The summed E-state index contributed by atoms with van der Waals surface area (Å²) < 4.78 is 24.2. The van der Waals surface area contributed by atoms with Crippen LogP contribution in [0.2, 0.25) is 0 Å². The van der Waals surface area contributed by atoms with Crippen molar-refractivity contribution in [1.82, 2.24) is 10.2 Å². The summed E-state index contributed by atoms with van der Waals surface area (Å²) in [5.74, 6) is 0.544. The van der Waals surface area contributed by atoms with E-state index >= 15 is 0 Å². The lowest BCUT2D eigenvalue weighted by atomic mass is 10.2. The van der Waals surface area contributed by atoms with Gasteiger partial charge < -0.3 is 19.7 Å². The van der Waals surface area contributed by atoms with E-state index in [-0.39, 0.29) is 17.9 Å². The lowest BCUT2D eigenvalue weighted by Gasteiger charge is -2.18. The van der Waals surface area contributed by atoms with Crippen LogP contribution in [-0.2, 0) is 13.1 Å². The highest BCUT2D eigenvalue weighted by molar-refractivity contribution is 5.73. The van der Waals surface area contributed by atoms with Gasteiger partial charge in [-0.25, -0.2) is 9.18 Å². The second-order valence-electron chi connectivity index (χ2n) is 6.29. The molecule has 0 fully saturated rings. The van der Waals surface area contributed by atoms with Gasteiger partial charge >= 0.3 is 6.03 Å². The first-order valence-corrected chi connectivity index (χ1v) is 8.46. The predicted octanol–water partition coefficient (Wildman–Crippen LogP) is 3.96. The van der Waals surface area contributed by atoms with Crippen LogP contribution in [0.15, 0.2) is 42.5 Å². The zero-order valence-corrected chi connectivity index (χ0v) is 15.6. The van der Waals surface area contributed by atoms with Crippen molar-refractivity contribution in [2.45, 2.75) is 33.0 Å². The normalized spacial score (nSPS) is 10.5. The number of rotatable bonds is 7. The maximum Gasteiger partial charge on any atom is 0.317 e. The Balaban J connectivity index is 1.86. The van der Waals surface area contributed by atoms with Crippen LogP contribution in [0.1, 0.15) is 25.0 Å². The van der Waals surface area contributed by atoms with Gasteiger partial charge in [0.2, 0.25) is 0 Å². The molecule has 0 radical (unpaired) electrons. The van der Waals surface area contributed by atoms with Gasteiger partial charge in [0, 0.05) is 20.1 Å². The van der Waals surface area contributed by atoms with Crippen LogP contribution in [0.4, 0.5) is 9.18 Å². The van der Waals surface area contributed by atoms with Gasteiger partial charge in [0.05, 0.1) is 13.2 Å². The largest absolute Gasteiger partial charge is 0.494 e. The van der Waals surface area contributed by atoms with Crippen LogP contribution >= 0.6 is 0 Å². The molecule has 0 bridgehead atoms. The molecule has 0 heterocycles. The van der Waals surface area contributed by atoms with Gasteiger partial charge in [0.15, 0.2) is 11.6 Å². The predicted molar refractivity (Wildman–Crippen MR) is 98.9 cm³/mol. The summed E-state index contributed by atoms with van der Waals surface area (Å²) in [4.78, 5) is 13.7. The van der Waals surface area contributed by atoms with Gasteiger partial charge in [-0.05, 0) is 49.2 Å². The molecule has 5 nitrogen and oxygen atoms in total. The third kappa shape index (κ3) is 5.65. The first-order chi connectivity index (χ1) is 12.4. The highest BCUT2D eigenvalue weighted by Crippen LogP contribution is 2.18. The van der Waals surface area contributed by atoms with Crippen molar-refractivity contribution in [3.63, 3.8) is 0 Å². The van der Waals surface area contributed by atoms with E-state index in [1.54, 1.807) is 19.2 Å². The Labute approximate surface area is 153 Å². The van der Waals surface area contributed by atoms with Crippen LogP contribution < -0.4 is 14.8 Å². The minimum absolute atomic E-state index is 0.122. The third-order valence-corrected chi connectivity index (χ3v) is 3.72. The number of nitrogens with zero attached hydrogens (tertiary/aromatic N) is 1. The Morgan fingerprint density at radius 2 is 1.81 bits per heavy atom. The molecule has 2 rings (SSSR count). The fourth-order valence-electron chi connectivity index (χ4n) is 2.42. The van der Waals surface area contributed by atoms with E-state index in [1.165, 1.54) is 18.1 Å². The molecule has 2 aromatic rings. The first kappa shape index (κ1) is 19.6. The number of benzene rings is 2. The zero-order valence-electron chi connectivity index (χ0n) is 15.6. The molecule has 0 unspecified atom stereocenters. The second kappa shape index (κ2) is 9.08. The van der Waals surface area contributed by atoms with Crippen molar-refractivity contribution in [1.29, 1.82) is 0 Å². The Morgan fingerprint density at radius 1 is 1.15 bits per heavy atom. The zero-order chi connectivity index (χ0) is 19.1. The smallest absolute Gasteiger partial charge is 0.317 e. The summed E-state index contributed by atoms with van der Waals surface area (Å²) in [7, 11) is 3.08. The highest BCUT2D eigenvalue weighted by atomic mass is 19.1. The lowest BCUT2D eigenvalue weighted by Crippen LogP contribution is -2.36. The minimum atomic E-state index is -0.442. The van der Waals surface area contributed by atoms with E-state index in [9.17, 15) is 9.18 Å². The third-order valence-electron chi connectivity index (χ3n) is 3.72. The first-order valence-electron chi connectivity index (χ1n) is 8.46. The molecule has 140 valence electrons. The van der Waals surface area contributed by atoms with Gasteiger partial charge in [-0.15, -0.1) is 0 Å². The van der Waals surface area contributed by atoms with Crippen LogP contribution in [-0.4, -0.2) is 31.2 Å². The molecule has 1 N–H and O–H groups in total. The number of ether oxygens (including phenoxy) is 2. The number of halogens is 1.